The van der Waals surface area contributed by atoms with Gasteiger partial charge in [-0.15, -0.1) is 0 Å². The molecule has 1 rings (SSSR count). The fourth-order valence-corrected chi connectivity index (χ4v) is 1.58. The molecule has 1 aromatic rings. The van der Waals surface area contributed by atoms with Gasteiger partial charge in [-0.3, -0.25) is 4.79 Å². The minimum atomic E-state index is -0.872. The number of aromatic hydroxyl groups is 1. The Hall–Kier alpha value is -1.91. The molecular formula is C12H16O5. The number of carboxylic acid groups (broad SMARTS) is 1. The summed E-state index contributed by atoms with van der Waals surface area (Å²) in [6, 6.07) is 3.23. The van der Waals surface area contributed by atoms with Crippen LogP contribution in [0.15, 0.2) is 12.1 Å². The van der Waals surface area contributed by atoms with Crippen LogP contribution in [0.5, 0.6) is 17.2 Å². The first kappa shape index (κ1) is 13.2. The molecule has 17 heavy (non-hydrogen) atoms. The first-order chi connectivity index (χ1) is 7.99. The minimum absolute atomic E-state index is 0.0110. The summed E-state index contributed by atoms with van der Waals surface area (Å²) in [5.41, 5.74) is 0.749. The molecule has 0 aliphatic rings. The van der Waals surface area contributed by atoms with Gasteiger partial charge in [0.15, 0.2) is 11.5 Å². The molecule has 0 heterocycles. The molecule has 0 fully saturated rings. The second-order valence-electron chi connectivity index (χ2n) is 3.77. The third kappa shape index (κ3) is 3.03. The highest BCUT2D eigenvalue weighted by Crippen LogP contribution is 2.39. The van der Waals surface area contributed by atoms with Crippen LogP contribution in [0.4, 0.5) is 0 Å². The highest BCUT2D eigenvalue weighted by Gasteiger charge is 2.16. The normalized spacial score (nSPS) is 11.9. The van der Waals surface area contributed by atoms with E-state index in [0.717, 1.165) is 5.56 Å². The van der Waals surface area contributed by atoms with Gasteiger partial charge in [0.2, 0.25) is 5.75 Å². The molecular weight excluding hydrogens is 224 g/mol. The standard InChI is InChI=1S/C12H16O5/c1-7(4-11(13)14)8-5-9(16-2)12(15)10(6-8)17-3/h5-7,15H,4H2,1-3H3,(H,13,14). The van der Waals surface area contributed by atoms with E-state index in [2.05, 4.69) is 0 Å². The Morgan fingerprint density at radius 1 is 1.29 bits per heavy atom. The Balaban J connectivity index is 3.12. The van der Waals surface area contributed by atoms with Crippen molar-refractivity contribution in [2.24, 2.45) is 0 Å². The van der Waals surface area contributed by atoms with Crippen molar-refractivity contribution in [3.8, 4) is 17.2 Å². The second kappa shape index (κ2) is 5.43. The Morgan fingerprint density at radius 3 is 2.12 bits per heavy atom. The summed E-state index contributed by atoms with van der Waals surface area (Å²) in [6.45, 7) is 1.79. The van der Waals surface area contributed by atoms with E-state index in [4.69, 9.17) is 14.6 Å². The summed E-state index contributed by atoms with van der Waals surface area (Å²) in [6.07, 6.45) is 0.0110. The van der Waals surface area contributed by atoms with Gasteiger partial charge in [-0.2, -0.15) is 0 Å². The van der Waals surface area contributed by atoms with E-state index in [9.17, 15) is 9.90 Å². The van der Waals surface area contributed by atoms with Crippen LogP contribution in [0.3, 0.4) is 0 Å². The number of carbonyl (C=O) groups is 1. The molecule has 0 saturated carbocycles. The fourth-order valence-electron chi connectivity index (χ4n) is 1.58. The molecule has 0 aliphatic carbocycles. The minimum Gasteiger partial charge on any atom is -0.502 e. The number of phenols is 1. The van der Waals surface area contributed by atoms with Crippen molar-refractivity contribution in [2.75, 3.05) is 14.2 Å². The number of methoxy groups -OCH3 is 2. The summed E-state index contributed by atoms with van der Waals surface area (Å²) in [4.78, 5) is 10.6. The number of phenolic OH excluding ortho intramolecular Hbond substituents is 1. The number of ether oxygens (including phenoxy) is 2. The first-order valence-corrected chi connectivity index (χ1v) is 5.16. The molecule has 2 N–H and O–H groups in total. The molecule has 1 atom stereocenters. The second-order valence-corrected chi connectivity index (χ2v) is 3.77. The van der Waals surface area contributed by atoms with E-state index in [1.165, 1.54) is 14.2 Å². The van der Waals surface area contributed by atoms with Crippen LogP contribution < -0.4 is 9.47 Å². The van der Waals surface area contributed by atoms with Gasteiger partial charge in [-0.25, -0.2) is 0 Å². The van der Waals surface area contributed by atoms with E-state index in [1.54, 1.807) is 19.1 Å². The van der Waals surface area contributed by atoms with Crippen LogP contribution in [-0.4, -0.2) is 30.4 Å². The van der Waals surface area contributed by atoms with E-state index in [1.807, 2.05) is 0 Å². The quantitative estimate of drug-likeness (QED) is 0.823. The number of rotatable bonds is 5. The molecule has 0 aromatic heterocycles. The predicted molar refractivity (Wildman–Crippen MR) is 61.9 cm³/mol. The summed E-state index contributed by atoms with van der Waals surface area (Å²) in [7, 11) is 2.86. The fraction of sp³-hybridized carbons (Fsp3) is 0.417. The molecule has 0 amide bonds. The van der Waals surface area contributed by atoms with Crippen LogP contribution in [0.1, 0.15) is 24.8 Å². The zero-order valence-electron chi connectivity index (χ0n) is 10.1. The monoisotopic (exact) mass is 240 g/mol. The summed E-state index contributed by atoms with van der Waals surface area (Å²) >= 11 is 0. The number of carboxylic acids is 1. The number of hydrogen-bond acceptors (Lipinski definition) is 4. The molecule has 5 nitrogen and oxygen atoms in total. The lowest BCUT2D eigenvalue weighted by Gasteiger charge is -2.14. The van der Waals surface area contributed by atoms with Crippen molar-refractivity contribution in [2.45, 2.75) is 19.3 Å². The average Bonchev–Trinajstić information content (AvgIpc) is 2.28. The Morgan fingerprint density at radius 2 is 1.76 bits per heavy atom. The van der Waals surface area contributed by atoms with Crippen LogP contribution in [0.2, 0.25) is 0 Å². The number of hydrogen-bond donors (Lipinski definition) is 2. The molecule has 1 aromatic carbocycles. The van der Waals surface area contributed by atoms with Gasteiger partial charge >= 0.3 is 5.97 Å². The van der Waals surface area contributed by atoms with Crippen LogP contribution in [0, 0.1) is 0 Å². The molecule has 1 unspecified atom stereocenters. The van der Waals surface area contributed by atoms with Crippen molar-refractivity contribution >= 4 is 5.97 Å². The molecule has 0 radical (unpaired) electrons. The average molecular weight is 240 g/mol. The number of benzene rings is 1. The molecule has 0 spiro atoms. The molecule has 0 aliphatic heterocycles. The van der Waals surface area contributed by atoms with E-state index >= 15 is 0 Å². The molecule has 94 valence electrons. The Bertz CT molecular complexity index is 388. The zero-order valence-corrected chi connectivity index (χ0v) is 10.1. The van der Waals surface area contributed by atoms with E-state index < -0.39 is 5.97 Å². The lowest BCUT2D eigenvalue weighted by molar-refractivity contribution is -0.137. The summed E-state index contributed by atoms with van der Waals surface area (Å²) in [5, 5.41) is 18.5. The molecule has 0 saturated heterocycles. The molecule has 0 bridgehead atoms. The highest BCUT2D eigenvalue weighted by molar-refractivity contribution is 5.68. The van der Waals surface area contributed by atoms with E-state index in [0.29, 0.717) is 0 Å². The smallest absolute Gasteiger partial charge is 0.303 e. The van der Waals surface area contributed by atoms with Gasteiger partial charge in [0, 0.05) is 0 Å². The van der Waals surface area contributed by atoms with Gasteiger partial charge in [0.05, 0.1) is 20.6 Å². The van der Waals surface area contributed by atoms with Gasteiger partial charge < -0.3 is 19.7 Å². The summed E-state index contributed by atoms with van der Waals surface area (Å²) in [5.74, 6) is -0.589. The third-order valence-corrected chi connectivity index (χ3v) is 2.55. The Kier molecular flexibility index (Phi) is 4.20. The maximum atomic E-state index is 10.6. The maximum Gasteiger partial charge on any atom is 0.303 e. The lowest BCUT2D eigenvalue weighted by Crippen LogP contribution is -2.03. The van der Waals surface area contributed by atoms with Crippen LogP contribution >= 0.6 is 0 Å². The first-order valence-electron chi connectivity index (χ1n) is 5.16. The van der Waals surface area contributed by atoms with Gasteiger partial charge in [0.25, 0.3) is 0 Å². The van der Waals surface area contributed by atoms with Gasteiger partial charge in [-0.05, 0) is 23.6 Å². The zero-order chi connectivity index (χ0) is 13.0. The largest absolute Gasteiger partial charge is 0.502 e. The van der Waals surface area contributed by atoms with Crippen LogP contribution in [0.25, 0.3) is 0 Å². The van der Waals surface area contributed by atoms with Crippen molar-refractivity contribution in [1.29, 1.82) is 0 Å². The Labute approximate surface area is 99.6 Å². The predicted octanol–water partition coefficient (Wildman–Crippen LogP) is 1.99. The van der Waals surface area contributed by atoms with Gasteiger partial charge in [-0.1, -0.05) is 6.92 Å². The highest BCUT2D eigenvalue weighted by atomic mass is 16.5. The van der Waals surface area contributed by atoms with Crippen molar-refractivity contribution in [3.05, 3.63) is 17.7 Å². The van der Waals surface area contributed by atoms with Crippen molar-refractivity contribution < 1.29 is 24.5 Å². The van der Waals surface area contributed by atoms with Gasteiger partial charge in [0.1, 0.15) is 0 Å². The maximum absolute atomic E-state index is 10.6. The lowest BCUT2D eigenvalue weighted by atomic mass is 9.97. The third-order valence-electron chi connectivity index (χ3n) is 2.55. The summed E-state index contributed by atoms with van der Waals surface area (Å²) < 4.78 is 10.0. The topological polar surface area (TPSA) is 76.0 Å². The van der Waals surface area contributed by atoms with Crippen molar-refractivity contribution in [1.82, 2.24) is 0 Å². The molecule has 5 heteroatoms. The number of aliphatic carboxylic acids is 1. The van der Waals surface area contributed by atoms with E-state index in [-0.39, 0.29) is 29.6 Å². The SMILES string of the molecule is COc1cc(C(C)CC(=O)O)cc(OC)c1O. The van der Waals surface area contributed by atoms with Crippen LogP contribution in [-0.2, 0) is 4.79 Å². The van der Waals surface area contributed by atoms with Crippen molar-refractivity contribution in [3.63, 3.8) is 0 Å².